The highest BCUT2D eigenvalue weighted by molar-refractivity contribution is 6.31. The van der Waals surface area contributed by atoms with E-state index in [0.717, 1.165) is 0 Å². The van der Waals surface area contributed by atoms with Crippen LogP contribution in [0, 0.1) is 11.3 Å². The largest absolute Gasteiger partial charge is 0.388 e. The molecule has 0 fully saturated rings. The molecule has 3 N–H and O–H groups in total. The molecule has 0 aliphatic carbocycles. The summed E-state index contributed by atoms with van der Waals surface area (Å²) in [5, 5.41) is 30.8. The fraction of sp³-hybridized carbons (Fsp3) is 0.333. The van der Waals surface area contributed by atoms with Crippen molar-refractivity contribution < 1.29 is 15.0 Å². The van der Waals surface area contributed by atoms with Gasteiger partial charge in [0.2, 0.25) is 5.91 Å². The Morgan fingerprint density at radius 3 is 2.72 bits per heavy atom. The lowest BCUT2D eigenvalue weighted by Gasteiger charge is -2.18. The van der Waals surface area contributed by atoms with Crippen molar-refractivity contribution in [1.82, 2.24) is 5.32 Å². The molecule has 1 amide bonds. The Morgan fingerprint density at radius 1 is 1.56 bits per heavy atom. The van der Waals surface area contributed by atoms with E-state index in [1.165, 1.54) is 25.1 Å². The molecule has 0 spiro atoms. The number of nitrogens with one attached hydrogen (secondary N) is 1. The minimum Gasteiger partial charge on any atom is -0.388 e. The van der Waals surface area contributed by atoms with Gasteiger partial charge >= 0.3 is 0 Å². The molecule has 2 atom stereocenters. The first-order chi connectivity index (χ1) is 8.45. The molecule has 1 aromatic rings. The van der Waals surface area contributed by atoms with Crippen LogP contribution in [0.1, 0.15) is 24.2 Å². The molecule has 0 aliphatic heterocycles. The molecule has 0 bridgehead atoms. The summed E-state index contributed by atoms with van der Waals surface area (Å²) in [4.78, 5) is 10.7. The van der Waals surface area contributed by atoms with Crippen molar-refractivity contribution in [2.75, 3.05) is 6.54 Å². The van der Waals surface area contributed by atoms with Crippen molar-refractivity contribution in [1.29, 1.82) is 5.26 Å². The third kappa shape index (κ3) is 3.70. The highest BCUT2D eigenvalue weighted by Gasteiger charge is 2.19. The summed E-state index contributed by atoms with van der Waals surface area (Å²) in [6.45, 7) is 1.26. The first-order valence-electron chi connectivity index (χ1n) is 5.25. The number of hydrogen-bond donors (Lipinski definition) is 3. The van der Waals surface area contributed by atoms with Crippen molar-refractivity contribution in [3.8, 4) is 6.07 Å². The fourth-order valence-corrected chi connectivity index (χ4v) is 1.62. The lowest BCUT2D eigenvalue weighted by Crippen LogP contribution is -2.34. The molecule has 5 nitrogen and oxygen atoms in total. The van der Waals surface area contributed by atoms with Crippen LogP contribution in [-0.2, 0) is 4.79 Å². The predicted octanol–water partition coefficient (Wildman–Crippen LogP) is 0.742. The lowest BCUT2D eigenvalue weighted by atomic mass is 10.0. The zero-order valence-corrected chi connectivity index (χ0v) is 10.5. The van der Waals surface area contributed by atoms with Gasteiger partial charge in [-0.15, -0.1) is 0 Å². The number of aliphatic hydroxyl groups is 2. The number of nitrogens with zero attached hydrogens (tertiary/aromatic N) is 1. The molecule has 2 unspecified atom stereocenters. The van der Waals surface area contributed by atoms with E-state index in [1.807, 2.05) is 6.07 Å². The molecule has 1 rings (SSSR count). The molecule has 0 saturated heterocycles. The average molecular weight is 269 g/mol. The molecule has 0 saturated carbocycles. The Morgan fingerprint density at radius 2 is 2.22 bits per heavy atom. The van der Waals surface area contributed by atoms with Crippen molar-refractivity contribution in [2.24, 2.45) is 0 Å². The summed E-state index contributed by atoms with van der Waals surface area (Å²) in [5.41, 5.74) is 0.681. The summed E-state index contributed by atoms with van der Waals surface area (Å²) in [5.74, 6) is -0.292. The van der Waals surface area contributed by atoms with E-state index in [-0.39, 0.29) is 17.5 Å². The normalized spacial score (nSPS) is 13.5. The molecular formula is C12H13ClN2O3. The van der Waals surface area contributed by atoms with Gasteiger partial charge in [0.25, 0.3) is 0 Å². The second kappa shape index (κ2) is 6.36. The molecule has 18 heavy (non-hydrogen) atoms. The fourth-order valence-electron chi connectivity index (χ4n) is 1.39. The number of hydrogen-bond acceptors (Lipinski definition) is 4. The SMILES string of the molecule is CC(=O)NCC(O)C(O)c1ccc(C#N)c(Cl)c1. The number of rotatable bonds is 4. The van der Waals surface area contributed by atoms with Gasteiger partial charge in [-0.2, -0.15) is 5.26 Å². The Labute approximate surface area is 110 Å². The minimum absolute atomic E-state index is 0.0614. The molecule has 0 heterocycles. The van der Waals surface area contributed by atoms with Gasteiger partial charge in [0.15, 0.2) is 0 Å². The van der Waals surface area contributed by atoms with Crippen LogP contribution in [0.25, 0.3) is 0 Å². The van der Waals surface area contributed by atoms with Gasteiger partial charge in [-0.25, -0.2) is 0 Å². The number of benzene rings is 1. The predicted molar refractivity (Wildman–Crippen MR) is 65.8 cm³/mol. The topological polar surface area (TPSA) is 93.3 Å². The van der Waals surface area contributed by atoms with Crippen LogP contribution in [0.3, 0.4) is 0 Å². The highest BCUT2D eigenvalue weighted by atomic mass is 35.5. The number of aliphatic hydroxyl groups excluding tert-OH is 2. The summed E-state index contributed by atoms with van der Waals surface area (Å²) in [6, 6.07) is 6.29. The Bertz CT molecular complexity index is 485. The van der Waals surface area contributed by atoms with Gasteiger partial charge in [0.1, 0.15) is 18.3 Å². The molecule has 1 aromatic carbocycles. The molecule has 0 aliphatic rings. The van der Waals surface area contributed by atoms with Crippen LogP contribution in [0.15, 0.2) is 18.2 Å². The third-order valence-electron chi connectivity index (χ3n) is 2.38. The first-order valence-corrected chi connectivity index (χ1v) is 5.63. The van der Waals surface area contributed by atoms with E-state index in [1.54, 1.807) is 0 Å². The molecule has 6 heteroatoms. The number of carbonyl (C=O) groups is 1. The number of carbonyl (C=O) groups excluding carboxylic acids is 1. The first kappa shape index (κ1) is 14.5. The van der Waals surface area contributed by atoms with Crippen LogP contribution < -0.4 is 5.32 Å². The number of amides is 1. The Hall–Kier alpha value is -1.61. The van der Waals surface area contributed by atoms with Crippen LogP contribution >= 0.6 is 11.6 Å². The highest BCUT2D eigenvalue weighted by Crippen LogP contribution is 2.23. The Balaban J connectivity index is 2.78. The smallest absolute Gasteiger partial charge is 0.216 e. The van der Waals surface area contributed by atoms with Gasteiger partial charge in [-0.05, 0) is 17.7 Å². The molecule has 96 valence electrons. The van der Waals surface area contributed by atoms with Crippen LogP contribution in [0.5, 0.6) is 0 Å². The maximum absolute atomic E-state index is 10.7. The summed E-state index contributed by atoms with van der Waals surface area (Å²) in [7, 11) is 0. The van der Waals surface area contributed by atoms with Crippen LogP contribution in [0.2, 0.25) is 5.02 Å². The summed E-state index contributed by atoms with van der Waals surface area (Å²) in [6.07, 6.45) is -2.32. The van der Waals surface area contributed by atoms with Crippen molar-refractivity contribution >= 4 is 17.5 Å². The zero-order chi connectivity index (χ0) is 13.7. The number of nitriles is 1. The van der Waals surface area contributed by atoms with Crippen molar-refractivity contribution in [2.45, 2.75) is 19.1 Å². The van der Waals surface area contributed by atoms with E-state index in [9.17, 15) is 15.0 Å². The average Bonchev–Trinajstić information content (AvgIpc) is 2.34. The molecule has 0 radical (unpaired) electrons. The summed E-state index contributed by atoms with van der Waals surface area (Å²) >= 11 is 5.82. The summed E-state index contributed by atoms with van der Waals surface area (Å²) < 4.78 is 0. The number of halogens is 1. The maximum atomic E-state index is 10.7. The van der Waals surface area contributed by atoms with Crippen LogP contribution in [-0.4, -0.2) is 28.8 Å². The van der Waals surface area contributed by atoms with Gasteiger partial charge < -0.3 is 15.5 Å². The van der Waals surface area contributed by atoms with Crippen molar-refractivity contribution in [3.63, 3.8) is 0 Å². The Kier molecular flexibility index (Phi) is 5.10. The van der Waals surface area contributed by atoms with Gasteiger partial charge in [-0.3, -0.25) is 4.79 Å². The van der Waals surface area contributed by atoms with Gasteiger partial charge in [0.05, 0.1) is 10.6 Å². The van der Waals surface area contributed by atoms with Gasteiger partial charge in [-0.1, -0.05) is 17.7 Å². The van der Waals surface area contributed by atoms with Gasteiger partial charge in [0, 0.05) is 13.5 Å². The quantitative estimate of drug-likeness (QED) is 0.751. The lowest BCUT2D eigenvalue weighted by molar-refractivity contribution is -0.119. The van der Waals surface area contributed by atoms with E-state index in [2.05, 4.69) is 5.32 Å². The van der Waals surface area contributed by atoms with E-state index in [4.69, 9.17) is 16.9 Å². The maximum Gasteiger partial charge on any atom is 0.216 e. The van der Waals surface area contributed by atoms with Crippen LogP contribution in [0.4, 0.5) is 0 Å². The second-order valence-electron chi connectivity index (χ2n) is 3.80. The monoisotopic (exact) mass is 268 g/mol. The standard InChI is InChI=1S/C12H13ClN2O3/c1-7(16)15-6-11(17)12(18)8-2-3-9(5-14)10(13)4-8/h2-4,11-12,17-18H,6H2,1H3,(H,15,16). The van der Waals surface area contributed by atoms with E-state index < -0.39 is 12.2 Å². The van der Waals surface area contributed by atoms with E-state index >= 15 is 0 Å². The second-order valence-corrected chi connectivity index (χ2v) is 4.21. The molecular weight excluding hydrogens is 256 g/mol. The zero-order valence-electron chi connectivity index (χ0n) is 9.72. The van der Waals surface area contributed by atoms with E-state index in [0.29, 0.717) is 11.1 Å². The van der Waals surface area contributed by atoms with Crippen molar-refractivity contribution in [3.05, 3.63) is 34.3 Å². The third-order valence-corrected chi connectivity index (χ3v) is 2.69. The minimum atomic E-state index is -1.18. The molecule has 0 aromatic heterocycles.